The van der Waals surface area contributed by atoms with Crippen molar-refractivity contribution < 1.29 is 14.3 Å². The molecule has 1 amide bonds. The summed E-state index contributed by atoms with van der Waals surface area (Å²) < 4.78 is 13.2. The molecule has 0 unspecified atom stereocenters. The summed E-state index contributed by atoms with van der Waals surface area (Å²) in [4.78, 5) is 27.7. The van der Waals surface area contributed by atoms with Crippen molar-refractivity contribution in [3.8, 4) is 22.8 Å². The minimum absolute atomic E-state index is 0.196. The first-order valence-electron chi connectivity index (χ1n) is 11.2. The van der Waals surface area contributed by atoms with E-state index in [2.05, 4.69) is 37.7 Å². The first-order valence-corrected chi connectivity index (χ1v) is 11.2. The van der Waals surface area contributed by atoms with Crippen LogP contribution < -0.4 is 15.0 Å². The third-order valence-corrected chi connectivity index (χ3v) is 6.02. The molecule has 0 bridgehead atoms. The van der Waals surface area contributed by atoms with Gasteiger partial charge in [-0.1, -0.05) is 6.07 Å². The van der Waals surface area contributed by atoms with Crippen LogP contribution in [-0.2, 0) is 17.8 Å². The van der Waals surface area contributed by atoms with E-state index in [1.54, 1.807) is 12.4 Å². The van der Waals surface area contributed by atoms with Crippen LogP contribution in [0.2, 0.25) is 0 Å². The molecule has 6 rings (SSSR count). The average molecular weight is 454 g/mol. The van der Waals surface area contributed by atoms with Gasteiger partial charge in [-0.15, -0.1) is 0 Å². The molecule has 0 saturated heterocycles. The zero-order chi connectivity index (χ0) is 23.1. The minimum Gasteiger partial charge on any atom is -0.493 e. The summed E-state index contributed by atoms with van der Waals surface area (Å²) in [6.07, 6.45) is 7.65. The van der Waals surface area contributed by atoms with Gasteiger partial charge in [-0.05, 0) is 42.8 Å². The molecular formula is C25H22N6O3. The minimum atomic E-state index is -0.447. The van der Waals surface area contributed by atoms with E-state index in [1.165, 1.54) is 0 Å². The number of hydrogen-bond donors (Lipinski definition) is 1. The summed E-state index contributed by atoms with van der Waals surface area (Å²) in [6, 6.07) is 11.7. The van der Waals surface area contributed by atoms with Crippen molar-refractivity contribution in [2.24, 2.45) is 0 Å². The molecule has 9 heteroatoms. The Morgan fingerprint density at radius 1 is 1.12 bits per heavy atom. The fraction of sp³-hybridized carbons (Fsp3) is 0.200. The number of ether oxygens (including phenoxy) is 2. The number of anilines is 3. The SMILES string of the molecule is CCN1c2ncc(CCOc3cccc4c3COC(=O)N4)cc2-c2nccn2-c2cccnc21. The zero-order valence-electron chi connectivity index (χ0n) is 18.6. The normalized spacial score (nSPS) is 13.6. The lowest BCUT2D eigenvalue weighted by Gasteiger charge is -2.22. The summed E-state index contributed by atoms with van der Waals surface area (Å²) in [7, 11) is 0. The summed E-state index contributed by atoms with van der Waals surface area (Å²) in [5, 5.41) is 2.70. The number of nitrogens with one attached hydrogen (secondary N) is 1. The number of pyridine rings is 2. The molecule has 0 fully saturated rings. The Kier molecular flexibility index (Phi) is 4.87. The first kappa shape index (κ1) is 20.2. The monoisotopic (exact) mass is 454 g/mol. The number of carbonyl (C=O) groups excluding carboxylic acids is 1. The highest BCUT2D eigenvalue weighted by atomic mass is 16.6. The number of fused-ring (bicyclic) bond motifs is 6. The molecule has 3 aromatic heterocycles. The highest BCUT2D eigenvalue weighted by Gasteiger charge is 2.27. The molecule has 9 nitrogen and oxygen atoms in total. The Morgan fingerprint density at radius 2 is 2.06 bits per heavy atom. The van der Waals surface area contributed by atoms with Crippen LogP contribution in [0.3, 0.4) is 0 Å². The van der Waals surface area contributed by atoms with Gasteiger partial charge in [0.05, 0.1) is 29.1 Å². The number of rotatable bonds is 5. The van der Waals surface area contributed by atoms with Crippen molar-refractivity contribution >= 4 is 23.4 Å². The largest absolute Gasteiger partial charge is 0.493 e. The number of cyclic esters (lactones) is 1. The van der Waals surface area contributed by atoms with Crippen LogP contribution in [-0.4, -0.2) is 38.8 Å². The van der Waals surface area contributed by atoms with Gasteiger partial charge in [-0.2, -0.15) is 0 Å². The van der Waals surface area contributed by atoms with Gasteiger partial charge in [-0.25, -0.2) is 19.7 Å². The lowest BCUT2D eigenvalue weighted by atomic mass is 10.1. The third kappa shape index (κ3) is 3.33. The van der Waals surface area contributed by atoms with Crippen molar-refractivity contribution in [1.29, 1.82) is 0 Å². The lowest BCUT2D eigenvalue weighted by Crippen LogP contribution is -2.21. The Hall–Kier alpha value is -4.40. The standard InChI is InChI=1S/C25H22N6O3/c1-2-30-23-17(22-27-10-11-31(22)20-6-4-9-26-24(20)30)13-16(14-28-23)8-12-33-21-7-3-5-19-18(21)15-34-25(32)29-19/h3-7,9-11,13-14H,2,8,12,15H2,1H3,(H,29,32). The number of imidazole rings is 1. The Balaban J connectivity index is 1.28. The molecule has 0 radical (unpaired) electrons. The van der Waals surface area contributed by atoms with Crippen LogP contribution in [0, 0.1) is 0 Å². The van der Waals surface area contributed by atoms with E-state index in [4.69, 9.17) is 14.5 Å². The predicted octanol–water partition coefficient (Wildman–Crippen LogP) is 4.48. The second kappa shape index (κ2) is 8.18. The third-order valence-electron chi connectivity index (χ3n) is 6.02. The van der Waals surface area contributed by atoms with Crippen LogP contribution in [0.5, 0.6) is 5.75 Å². The number of carbonyl (C=O) groups is 1. The van der Waals surface area contributed by atoms with Crippen molar-refractivity contribution in [2.75, 3.05) is 23.4 Å². The number of benzene rings is 1. The summed E-state index contributed by atoms with van der Waals surface area (Å²) >= 11 is 0. The van der Waals surface area contributed by atoms with E-state index >= 15 is 0 Å². The smallest absolute Gasteiger partial charge is 0.411 e. The van der Waals surface area contributed by atoms with E-state index in [1.807, 2.05) is 42.7 Å². The van der Waals surface area contributed by atoms with Gasteiger partial charge in [0.25, 0.3) is 0 Å². The molecule has 34 heavy (non-hydrogen) atoms. The van der Waals surface area contributed by atoms with Gasteiger partial charge in [0.2, 0.25) is 0 Å². The van der Waals surface area contributed by atoms with E-state index < -0.39 is 6.09 Å². The van der Waals surface area contributed by atoms with Gasteiger partial charge in [0.15, 0.2) is 5.82 Å². The molecule has 4 aromatic rings. The Labute approximate surface area is 196 Å². The van der Waals surface area contributed by atoms with E-state index in [0.717, 1.165) is 52.1 Å². The summed E-state index contributed by atoms with van der Waals surface area (Å²) in [5.74, 6) is 3.23. The first-order chi connectivity index (χ1) is 16.7. The molecule has 2 aliphatic rings. The summed E-state index contributed by atoms with van der Waals surface area (Å²) in [6.45, 7) is 3.47. The van der Waals surface area contributed by atoms with Crippen LogP contribution in [0.15, 0.2) is 61.2 Å². The molecule has 170 valence electrons. The van der Waals surface area contributed by atoms with Crippen LogP contribution in [0.25, 0.3) is 17.1 Å². The number of aromatic nitrogens is 4. The van der Waals surface area contributed by atoms with Gasteiger partial charge < -0.3 is 14.4 Å². The van der Waals surface area contributed by atoms with Crippen molar-refractivity contribution in [3.05, 3.63) is 72.3 Å². The molecule has 1 N–H and O–H groups in total. The van der Waals surface area contributed by atoms with E-state index in [-0.39, 0.29) is 6.61 Å². The number of hydrogen-bond acceptors (Lipinski definition) is 7. The Bertz CT molecular complexity index is 1400. The maximum absolute atomic E-state index is 11.5. The quantitative estimate of drug-likeness (QED) is 0.475. The molecule has 0 atom stereocenters. The Morgan fingerprint density at radius 3 is 2.97 bits per heavy atom. The maximum Gasteiger partial charge on any atom is 0.411 e. The predicted molar refractivity (Wildman–Crippen MR) is 127 cm³/mol. The molecule has 1 aromatic carbocycles. The van der Waals surface area contributed by atoms with Gasteiger partial charge in [-0.3, -0.25) is 9.88 Å². The molecule has 0 saturated carbocycles. The van der Waals surface area contributed by atoms with Crippen molar-refractivity contribution in [3.63, 3.8) is 0 Å². The molecule has 5 heterocycles. The van der Waals surface area contributed by atoms with E-state index in [9.17, 15) is 4.79 Å². The fourth-order valence-corrected chi connectivity index (χ4v) is 4.43. The highest BCUT2D eigenvalue weighted by Crippen LogP contribution is 2.40. The van der Waals surface area contributed by atoms with Crippen LogP contribution in [0.1, 0.15) is 18.1 Å². The fourth-order valence-electron chi connectivity index (χ4n) is 4.43. The summed E-state index contributed by atoms with van der Waals surface area (Å²) in [5.41, 5.74) is 4.53. The number of amides is 1. The molecular weight excluding hydrogens is 432 g/mol. The zero-order valence-corrected chi connectivity index (χ0v) is 18.6. The number of nitrogens with zero attached hydrogens (tertiary/aromatic N) is 5. The van der Waals surface area contributed by atoms with Crippen molar-refractivity contribution in [2.45, 2.75) is 20.0 Å². The second-order valence-corrected chi connectivity index (χ2v) is 8.01. The molecule has 2 aliphatic heterocycles. The van der Waals surface area contributed by atoms with Gasteiger partial charge in [0.1, 0.15) is 24.0 Å². The maximum atomic E-state index is 11.5. The van der Waals surface area contributed by atoms with Crippen LogP contribution >= 0.6 is 0 Å². The van der Waals surface area contributed by atoms with E-state index in [0.29, 0.717) is 18.8 Å². The molecule has 0 aliphatic carbocycles. The van der Waals surface area contributed by atoms with Gasteiger partial charge >= 0.3 is 6.09 Å². The van der Waals surface area contributed by atoms with Gasteiger partial charge in [0, 0.05) is 37.8 Å². The second-order valence-electron chi connectivity index (χ2n) is 8.01. The van der Waals surface area contributed by atoms with Crippen molar-refractivity contribution in [1.82, 2.24) is 19.5 Å². The average Bonchev–Trinajstić information content (AvgIpc) is 3.31. The van der Waals surface area contributed by atoms with Crippen LogP contribution in [0.4, 0.5) is 22.1 Å². The molecule has 0 spiro atoms. The highest BCUT2D eigenvalue weighted by molar-refractivity contribution is 5.88. The lowest BCUT2D eigenvalue weighted by molar-refractivity contribution is 0.149. The topological polar surface area (TPSA) is 94.4 Å².